The number of carbonyl (C=O) groups excluding carboxylic acids is 3. The van der Waals surface area contributed by atoms with Crippen LogP contribution in [0.5, 0.6) is 0 Å². The van der Waals surface area contributed by atoms with E-state index in [1.807, 2.05) is 60.7 Å². The highest BCUT2D eigenvalue weighted by atomic mass is 19.1. The van der Waals surface area contributed by atoms with Gasteiger partial charge in [0.1, 0.15) is 19.0 Å². The summed E-state index contributed by atoms with van der Waals surface area (Å²) in [4.78, 5) is 38.9. The van der Waals surface area contributed by atoms with E-state index in [4.69, 9.17) is 15.2 Å². The molecule has 0 fully saturated rings. The van der Waals surface area contributed by atoms with Crippen LogP contribution in [0.3, 0.4) is 0 Å². The van der Waals surface area contributed by atoms with Crippen molar-refractivity contribution in [2.75, 3.05) is 11.9 Å². The second kappa shape index (κ2) is 13.1. The summed E-state index contributed by atoms with van der Waals surface area (Å²) in [6, 6.07) is 28.0. The summed E-state index contributed by atoms with van der Waals surface area (Å²) >= 11 is 0. The van der Waals surface area contributed by atoms with Crippen LogP contribution in [-0.2, 0) is 27.5 Å². The Hall–Kier alpha value is -4.82. The van der Waals surface area contributed by atoms with E-state index in [9.17, 15) is 18.8 Å². The molecule has 0 aromatic heterocycles. The van der Waals surface area contributed by atoms with Gasteiger partial charge in [-0.2, -0.15) is 0 Å². The molecule has 7 nitrogen and oxygen atoms in total. The standard InChI is InChI=1S/C31H27FN2O5/c32-26-13-7-12-23(15-26)28(18-33)29(35)34-27-16-24(30(36)38-19-21-8-3-1-4-9-21)14-25(17-27)31(37)39-20-22-10-5-2-6-11-22/h1-17,28H,18-20,33H2,(H,34,35). The topological polar surface area (TPSA) is 108 Å². The lowest BCUT2D eigenvalue weighted by Gasteiger charge is -2.17. The maximum absolute atomic E-state index is 13.8. The molecule has 0 spiro atoms. The highest BCUT2D eigenvalue weighted by Crippen LogP contribution is 2.22. The smallest absolute Gasteiger partial charge is 0.338 e. The summed E-state index contributed by atoms with van der Waals surface area (Å²) in [7, 11) is 0. The lowest BCUT2D eigenvalue weighted by Crippen LogP contribution is -2.27. The fraction of sp³-hybridized carbons (Fsp3) is 0.129. The molecule has 0 aliphatic rings. The number of halogens is 1. The lowest BCUT2D eigenvalue weighted by atomic mass is 9.98. The molecule has 0 radical (unpaired) electrons. The quantitative estimate of drug-likeness (QED) is 0.274. The van der Waals surface area contributed by atoms with Crippen molar-refractivity contribution in [3.8, 4) is 0 Å². The minimum atomic E-state index is -0.858. The number of ether oxygens (including phenoxy) is 2. The number of amides is 1. The van der Waals surface area contributed by atoms with E-state index >= 15 is 0 Å². The number of benzene rings is 4. The van der Waals surface area contributed by atoms with Crippen LogP contribution in [-0.4, -0.2) is 24.4 Å². The number of carbonyl (C=O) groups is 3. The van der Waals surface area contributed by atoms with Crippen molar-refractivity contribution in [3.05, 3.63) is 137 Å². The summed E-state index contributed by atoms with van der Waals surface area (Å²) in [5.41, 5.74) is 8.06. The fourth-order valence-electron chi connectivity index (χ4n) is 3.90. The Morgan fingerprint density at radius 3 is 1.74 bits per heavy atom. The van der Waals surface area contributed by atoms with Gasteiger partial charge in [0.15, 0.2) is 0 Å². The van der Waals surface area contributed by atoms with Crippen molar-refractivity contribution in [2.45, 2.75) is 19.1 Å². The Morgan fingerprint density at radius 2 is 1.26 bits per heavy atom. The number of hydrogen-bond acceptors (Lipinski definition) is 6. The Morgan fingerprint density at radius 1 is 0.718 bits per heavy atom. The lowest BCUT2D eigenvalue weighted by molar-refractivity contribution is -0.117. The van der Waals surface area contributed by atoms with Crippen molar-refractivity contribution in [3.63, 3.8) is 0 Å². The molecule has 1 atom stereocenters. The number of nitrogens with two attached hydrogens (primary N) is 1. The molecule has 1 unspecified atom stereocenters. The second-order valence-corrected chi connectivity index (χ2v) is 8.76. The van der Waals surface area contributed by atoms with Crippen LogP contribution in [0.4, 0.5) is 10.1 Å². The highest BCUT2D eigenvalue weighted by Gasteiger charge is 2.22. The SMILES string of the molecule is NCC(C(=O)Nc1cc(C(=O)OCc2ccccc2)cc(C(=O)OCc2ccccc2)c1)c1cccc(F)c1. The molecule has 8 heteroatoms. The van der Waals surface area contributed by atoms with Crippen LogP contribution in [0.2, 0.25) is 0 Å². The molecule has 0 saturated carbocycles. The number of nitrogens with one attached hydrogen (secondary N) is 1. The molecule has 0 aliphatic heterocycles. The van der Waals surface area contributed by atoms with E-state index in [-0.39, 0.29) is 36.6 Å². The molecule has 0 aliphatic carbocycles. The van der Waals surface area contributed by atoms with Crippen molar-refractivity contribution >= 4 is 23.5 Å². The first kappa shape index (κ1) is 27.2. The predicted molar refractivity (Wildman–Crippen MR) is 144 cm³/mol. The summed E-state index contributed by atoms with van der Waals surface area (Å²) in [6.07, 6.45) is 0. The first-order valence-electron chi connectivity index (χ1n) is 12.3. The third-order valence-corrected chi connectivity index (χ3v) is 5.90. The van der Waals surface area contributed by atoms with Gasteiger partial charge in [-0.1, -0.05) is 72.8 Å². The molecule has 39 heavy (non-hydrogen) atoms. The van der Waals surface area contributed by atoms with E-state index < -0.39 is 29.6 Å². The zero-order valence-electron chi connectivity index (χ0n) is 21.0. The van der Waals surface area contributed by atoms with Gasteiger partial charge in [0.25, 0.3) is 0 Å². The van der Waals surface area contributed by atoms with Crippen molar-refractivity contribution in [1.82, 2.24) is 0 Å². The molecule has 4 aromatic carbocycles. The number of rotatable bonds is 10. The molecular weight excluding hydrogens is 499 g/mol. The maximum Gasteiger partial charge on any atom is 0.338 e. The largest absolute Gasteiger partial charge is 0.457 e. The van der Waals surface area contributed by atoms with Gasteiger partial charge in [-0.05, 0) is 47.0 Å². The average Bonchev–Trinajstić information content (AvgIpc) is 2.96. The summed E-state index contributed by atoms with van der Waals surface area (Å²) in [6.45, 7) is -0.0300. The van der Waals surface area contributed by atoms with Gasteiger partial charge < -0.3 is 20.5 Å². The molecular formula is C31H27FN2O5. The highest BCUT2D eigenvalue weighted by molar-refractivity contribution is 6.01. The van der Waals surface area contributed by atoms with E-state index in [1.165, 1.54) is 36.4 Å². The first-order chi connectivity index (χ1) is 18.9. The van der Waals surface area contributed by atoms with Crippen LogP contribution in [0.25, 0.3) is 0 Å². The second-order valence-electron chi connectivity index (χ2n) is 8.76. The number of hydrogen-bond donors (Lipinski definition) is 2. The Kier molecular flexibility index (Phi) is 9.16. The summed E-state index contributed by atoms with van der Waals surface area (Å²) < 4.78 is 24.6. The third kappa shape index (κ3) is 7.59. The van der Waals surface area contributed by atoms with Gasteiger partial charge >= 0.3 is 11.9 Å². The van der Waals surface area contributed by atoms with Gasteiger partial charge in [0, 0.05) is 12.2 Å². The minimum absolute atomic E-state index is 0.0267. The van der Waals surface area contributed by atoms with Gasteiger partial charge in [-0.15, -0.1) is 0 Å². The Bertz CT molecular complexity index is 1370. The molecule has 198 valence electrons. The predicted octanol–water partition coefficient (Wildman–Crippen LogP) is 5.22. The number of esters is 2. The van der Waals surface area contributed by atoms with Gasteiger partial charge in [-0.25, -0.2) is 14.0 Å². The summed E-state index contributed by atoms with van der Waals surface area (Å²) in [5, 5.41) is 2.69. The third-order valence-electron chi connectivity index (χ3n) is 5.90. The van der Waals surface area contributed by atoms with E-state index in [1.54, 1.807) is 6.07 Å². The van der Waals surface area contributed by atoms with E-state index in [0.29, 0.717) is 5.56 Å². The molecule has 1 amide bonds. The first-order valence-corrected chi connectivity index (χ1v) is 12.3. The van der Waals surface area contributed by atoms with E-state index in [2.05, 4.69) is 5.32 Å². The molecule has 3 N–H and O–H groups in total. The van der Waals surface area contributed by atoms with Crippen LogP contribution in [0.1, 0.15) is 43.3 Å². The van der Waals surface area contributed by atoms with Crippen LogP contribution < -0.4 is 11.1 Å². The van der Waals surface area contributed by atoms with Crippen LogP contribution in [0, 0.1) is 5.82 Å². The summed E-state index contributed by atoms with van der Waals surface area (Å²) in [5.74, 6) is -3.25. The van der Waals surface area contributed by atoms with Crippen molar-refractivity contribution < 1.29 is 28.2 Å². The zero-order valence-corrected chi connectivity index (χ0v) is 21.0. The number of anilines is 1. The van der Waals surface area contributed by atoms with Gasteiger partial charge in [0.2, 0.25) is 5.91 Å². The van der Waals surface area contributed by atoms with Gasteiger partial charge in [-0.3, -0.25) is 4.79 Å². The van der Waals surface area contributed by atoms with E-state index in [0.717, 1.165) is 11.1 Å². The monoisotopic (exact) mass is 526 g/mol. The van der Waals surface area contributed by atoms with Crippen LogP contribution in [0.15, 0.2) is 103 Å². The average molecular weight is 527 g/mol. The van der Waals surface area contributed by atoms with Gasteiger partial charge in [0.05, 0.1) is 17.0 Å². The molecule has 0 heterocycles. The maximum atomic E-state index is 13.8. The van der Waals surface area contributed by atoms with Crippen LogP contribution >= 0.6 is 0 Å². The molecule has 0 bridgehead atoms. The molecule has 4 aromatic rings. The zero-order chi connectivity index (χ0) is 27.6. The Labute approximate surface area is 225 Å². The van der Waals surface area contributed by atoms with Crippen molar-refractivity contribution in [2.24, 2.45) is 5.73 Å². The molecule has 4 rings (SSSR count). The van der Waals surface area contributed by atoms with Crippen molar-refractivity contribution in [1.29, 1.82) is 0 Å². The molecule has 0 saturated heterocycles. The normalized spacial score (nSPS) is 11.3. The fourth-order valence-corrected chi connectivity index (χ4v) is 3.90. The minimum Gasteiger partial charge on any atom is -0.457 e. The Balaban J connectivity index is 1.57.